The van der Waals surface area contributed by atoms with Gasteiger partial charge in [-0.05, 0) is 31.9 Å². The van der Waals surface area contributed by atoms with Crippen molar-refractivity contribution in [3.63, 3.8) is 0 Å². The van der Waals surface area contributed by atoms with E-state index < -0.39 is 0 Å². The van der Waals surface area contributed by atoms with Crippen molar-refractivity contribution in [2.24, 2.45) is 7.05 Å². The molecular weight excluding hydrogens is 312 g/mol. The molecule has 2 heterocycles. The van der Waals surface area contributed by atoms with Gasteiger partial charge in [0.1, 0.15) is 0 Å². The van der Waals surface area contributed by atoms with E-state index in [2.05, 4.69) is 34.5 Å². The maximum atomic E-state index is 13.1. The van der Waals surface area contributed by atoms with Crippen molar-refractivity contribution in [3.8, 4) is 0 Å². The number of rotatable bonds is 5. The minimum absolute atomic E-state index is 0.000742. The molecule has 0 aliphatic rings. The van der Waals surface area contributed by atoms with Gasteiger partial charge in [-0.1, -0.05) is 43.7 Å². The van der Waals surface area contributed by atoms with Crippen LogP contribution in [0.1, 0.15) is 53.1 Å². The van der Waals surface area contributed by atoms with E-state index >= 15 is 0 Å². The first-order valence-corrected chi connectivity index (χ1v) is 8.68. The summed E-state index contributed by atoms with van der Waals surface area (Å²) in [6.45, 7) is 5.94. The molecule has 1 aromatic carbocycles. The van der Waals surface area contributed by atoms with E-state index in [9.17, 15) is 4.79 Å². The zero-order chi connectivity index (χ0) is 18.0. The van der Waals surface area contributed by atoms with Crippen molar-refractivity contribution < 1.29 is 4.79 Å². The highest BCUT2D eigenvalue weighted by Crippen LogP contribution is 2.24. The van der Waals surface area contributed by atoms with Gasteiger partial charge < -0.3 is 5.32 Å². The maximum absolute atomic E-state index is 13.1. The van der Waals surface area contributed by atoms with Crippen LogP contribution in [0.3, 0.4) is 0 Å². The normalized spacial score (nSPS) is 12.3. The Morgan fingerprint density at radius 2 is 1.96 bits per heavy atom. The third-order valence-electron chi connectivity index (χ3n) is 4.43. The van der Waals surface area contributed by atoms with Crippen molar-refractivity contribution in [1.29, 1.82) is 0 Å². The fourth-order valence-corrected chi connectivity index (χ4v) is 3.28. The average Bonchev–Trinajstić information content (AvgIpc) is 2.88. The van der Waals surface area contributed by atoms with Crippen LogP contribution in [-0.2, 0) is 7.05 Å². The fraction of sp³-hybridized carbons (Fsp3) is 0.350. The van der Waals surface area contributed by atoms with Crippen molar-refractivity contribution in [2.45, 2.75) is 39.7 Å². The maximum Gasteiger partial charge on any atom is 0.252 e. The zero-order valence-corrected chi connectivity index (χ0v) is 15.2. The lowest BCUT2D eigenvalue weighted by atomic mass is 10.0. The van der Waals surface area contributed by atoms with Crippen LogP contribution in [-0.4, -0.2) is 20.7 Å². The third-order valence-corrected chi connectivity index (χ3v) is 4.43. The minimum Gasteiger partial charge on any atom is -0.345 e. The standard InChI is InChI=1S/C20H24N4O/c1-5-9-17(15-10-7-6-8-11-15)22-20(25)16-12-13(2)21-19-18(16)14(3)23-24(19)4/h6-8,10-12,17H,5,9H2,1-4H3,(H,22,25). The van der Waals surface area contributed by atoms with Gasteiger partial charge in [0.25, 0.3) is 5.91 Å². The van der Waals surface area contributed by atoms with Crippen LogP contribution < -0.4 is 5.32 Å². The van der Waals surface area contributed by atoms with Gasteiger partial charge in [-0.25, -0.2) is 4.98 Å². The first kappa shape index (κ1) is 17.1. The lowest BCUT2D eigenvalue weighted by Gasteiger charge is -2.19. The van der Waals surface area contributed by atoms with E-state index in [-0.39, 0.29) is 11.9 Å². The van der Waals surface area contributed by atoms with Gasteiger partial charge in [-0.15, -0.1) is 0 Å². The van der Waals surface area contributed by atoms with Crippen LogP contribution in [0, 0.1) is 13.8 Å². The summed E-state index contributed by atoms with van der Waals surface area (Å²) in [6, 6.07) is 12.0. The van der Waals surface area contributed by atoms with Gasteiger partial charge in [0, 0.05) is 12.7 Å². The molecule has 1 amide bonds. The molecule has 0 radical (unpaired) electrons. The number of hydrogen-bond donors (Lipinski definition) is 1. The highest BCUT2D eigenvalue weighted by molar-refractivity contribution is 6.06. The van der Waals surface area contributed by atoms with Crippen LogP contribution in [0.15, 0.2) is 36.4 Å². The van der Waals surface area contributed by atoms with Crippen LogP contribution in [0.25, 0.3) is 11.0 Å². The Labute approximate surface area is 148 Å². The lowest BCUT2D eigenvalue weighted by molar-refractivity contribution is 0.0936. The van der Waals surface area contributed by atoms with Crippen molar-refractivity contribution in [1.82, 2.24) is 20.1 Å². The number of benzene rings is 1. The molecule has 0 bridgehead atoms. The highest BCUT2D eigenvalue weighted by atomic mass is 16.1. The van der Waals surface area contributed by atoms with Gasteiger partial charge in [-0.2, -0.15) is 5.10 Å². The summed E-state index contributed by atoms with van der Waals surface area (Å²) in [6.07, 6.45) is 1.89. The Bertz CT molecular complexity index is 899. The van der Waals surface area contributed by atoms with E-state index in [4.69, 9.17) is 0 Å². The number of amides is 1. The molecule has 1 N–H and O–H groups in total. The number of aryl methyl sites for hydroxylation is 3. The van der Waals surface area contributed by atoms with Crippen molar-refractivity contribution >= 4 is 16.9 Å². The molecule has 0 aliphatic carbocycles. The van der Waals surface area contributed by atoms with Crippen LogP contribution in [0.4, 0.5) is 0 Å². The largest absolute Gasteiger partial charge is 0.345 e. The van der Waals surface area contributed by atoms with Crippen LogP contribution >= 0.6 is 0 Å². The van der Waals surface area contributed by atoms with E-state index in [1.54, 1.807) is 4.68 Å². The average molecular weight is 336 g/mol. The van der Waals surface area contributed by atoms with Gasteiger partial charge in [-0.3, -0.25) is 9.48 Å². The molecule has 3 rings (SSSR count). The Hall–Kier alpha value is -2.69. The molecule has 5 nitrogen and oxygen atoms in total. The quantitative estimate of drug-likeness (QED) is 0.770. The number of fused-ring (bicyclic) bond motifs is 1. The summed E-state index contributed by atoms with van der Waals surface area (Å²) in [5.74, 6) is -0.0751. The predicted octanol–water partition coefficient (Wildman–Crippen LogP) is 3.86. The van der Waals surface area contributed by atoms with Crippen LogP contribution in [0.2, 0.25) is 0 Å². The molecule has 1 atom stereocenters. The number of nitrogens with zero attached hydrogens (tertiary/aromatic N) is 3. The Balaban J connectivity index is 1.99. The molecular formula is C20H24N4O. The van der Waals surface area contributed by atoms with Gasteiger partial charge in [0.15, 0.2) is 5.65 Å². The van der Waals surface area contributed by atoms with E-state index in [0.717, 1.165) is 40.8 Å². The van der Waals surface area contributed by atoms with Crippen molar-refractivity contribution in [3.05, 3.63) is 58.9 Å². The topological polar surface area (TPSA) is 59.8 Å². The number of nitrogens with one attached hydrogen (secondary N) is 1. The molecule has 1 unspecified atom stereocenters. The summed E-state index contributed by atoms with van der Waals surface area (Å²) >= 11 is 0. The summed E-state index contributed by atoms with van der Waals surface area (Å²) in [5, 5.41) is 8.45. The second-order valence-electron chi connectivity index (χ2n) is 6.44. The fourth-order valence-electron chi connectivity index (χ4n) is 3.28. The zero-order valence-electron chi connectivity index (χ0n) is 15.2. The molecule has 0 aliphatic heterocycles. The number of hydrogen-bond acceptors (Lipinski definition) is 3. The molecule has 0 saturated carbocycles. The Kier molecular flexibility index (Phi) is 4.83. The second kappa shape index (κ2) is 7.05. The molecule has 0 fully saturated rings. The Morgan fingerprint density at radius 1 is 1.24 bits per heavy atom. The highest BCUT2D eigenvalue weighted by Gasteiger charge is 2.20. The number of carbonyl (C=O) groups is 1. The second-order valence-corrected chi connectivity index (χ2v) is 6.44. The summed E-state index contributed by atoms with van der Waals surface area (Å²) in [4.78, 5) is 17.6. The summed E-state index contributed by atoms with van der Waals surface area (Å²) in [7, 11) is 1.85. The van der Waals surface area contributed by atoms with Crippen LogP contribution in [0.5, 0.6) is 0 Å². The molecule has 3 aromatic rings. The molecule has 2 aromatic heterocycles. The number of carbonyl (C=O) groups excluding carboxylic acids is 1. The third kappa shape index (κ3) is 3.40. The van der Waals surface area contributed by atoms with E-state index in [1.807, 2.05) is 45.2 Å². The van der Waals surface area contributed by atoms with Crippen molar-refractivity contribution in [2.75, 3.05) is 0 Å². The van der Waals surface area contributed by atoms with E-state index in [0.29, 0.717) is 5.56 Å². The van der Waals surface area contributed by atoms with Gasteiger partial charge in [0.05, 0.1) is 22.7 Å². The van der Waals surface area contributed by atoms with E-state index in [1.165, 1.54) is 0 Å². The van der Waals surface area contributed by atoms with Gasteiger partial charge >= 0.3 is 0 Å². The molecule has 0 spiro atoms. The molecule has 25 heavy (non-hydrogen) atoms. The van der Waals surface area contributed by atoms with Gasteiger partial charge in [0.2, 0.25) is 0 Å². The number of aromatic nitrogens is 3. The molecule has 0 saturated heterocycles. The minimum atomic E-state index is -0.0751. The SMILES string of the molecule is CCCC(NC(=O)c1cc(C)nc2c1c(C)nn2C)c1ccccc1. The summed E-state index contributed by atoms with van der Waals surface area (Å²) in [5.41, 5.74) is 4.15. The lowest BCUT2D eigenvalue weighted by Crippen LogP contribution is -2.29. The molecule has 5 heteroatoms. The monoisotopic (exact) mass is 336 g/mol. The Morgan fingerprint density at radius 3 is 2.64 bits per heavy atom. The summed E-state index contributed by atoms with van der Waals surface area (Å²) < 4.78 is 1.73. The first-order valence-electron chi connectivity index (χ1n) is 8.68. The predicted molar refractivity (Wildman–Crippen MR) is 99.5 cm³/mol. The number of pyridine rings is 1. The molecule has 130 valence electrons. The first-order chi connectivity index (χ1) is 12.0. The smallest absolute Gasteiger partial charge is 0.252 e.